The monoisotopic (exact) mass is 698 g/mol. The summed E-state index contributed by atoms with van der Waals surface area (Å²) >= 11 is 0. The molecule has 0 heterocycles. The van der Waals surface area contributed by atoms with Gasteiger partial charge in [-0.15, -0.1) is 17.7 Å². The molecule has 5 aromatic rings. The molecule has 5 rings (SSSR count). The average Bonchev–Trinajstić information content (AvgIpc) is 3.00. The van der Waals surface area contributed by atoms with Crippen LogP contribution in [-0.2, 0) is 30.8 Å². The molecule has 0 bridgehead atoms. The number of nitrogen functional groups attached to an aromatic ring is 1. The first-order valence-electron chi connectivity index (χ1n) is 12.8. The smallest absolute Gasteiger partial charge is 0.425 e. The standard InChI is InChI=1S/C28H22N6O7S2.O3S/c29-24-13-11-22(16-25(24)42(36,37)38)30-21-10-12-23-17(14-21)15-26(43(39,40)41)27(28(23)35)34-33-20-8-6-19(7-9-20)32-31-18-4-2-1-3-5-18;1-4(2)3/h1-16,30,35H,29H2,(H,36,37,38)(H,39,40,41);. The Morgan fingerprint density at radius 2 is 1.11 bits per heavy atom. The number of anilines is 3. The van der Waals surface area contributed by atoms with Crippen molar-refractivity contribution in [3.8, 4) is 5.75 Å². The van der Waals surface area contributed by atoms with E-state index in [1.807, 2.05) is 18.2 Å². The number of nitrogens with zero attached hydrogens (tertiary/aromatic N) is 4. The molecular weight excluding hydrogens is 677 g/mol. The summed E-state index contributed by atoms with van der Waals surface area (Å²) in [4.78, 5) is -1.18. The fourth-order valence-corrected chi connectivity index (χ4v) is 5.33. The fraction of sp³-hybridized carbons (Fsp3) is 0. The van der Waals surface area contributed by atoms with Crippen LogP contribution in [0.4, 0.5) is 39.8 Å². The second-order valence-corrected chi connectivity index (χ2v) is 12.5. The molecule has 47 heavy (non-hydrogen) atoms. The van der Waals surface area contributed by atoms with Crippen LogP contribution >= 0.6 is 0 Å². The number of phenols is 1. The van der Waals surface area contributed by atoms with Crippen LogP contribution in [0.15, 0.2) is 127 Å². The lowest BCUT2D eigenvalue weighted by Crippen LogP contribution is -2.04. The summed E-state index contributed by atoms with van der Waals surface area (Å²) in [5, 5.41) is 30.4. The average molecular weight is 699 g/mol. The first-order chi connectivity index (χ1) is 22.1. The van der Waals surface area contributed by atoms with Crippen molar-refractivity contribution >= 4 is 81.4 Å². The van der Waals surface area contributed by atoms with Gasteiger partial charge >= 0.3 is 10.6 Å². The van der Waals surface area contributed by atoms with E-state index >= 15 is 0 Å². The second-order valence-electron chi connectivity index (χ2n) is 9.29. The summed E-state index contributed by atoms with van der Waals surface area (Å²) in [6, 6.07) is 25.0. The van der Waals surface area contributed by atoms with Crippen molar-refractivity contribution in [1.29, 1.82) is 0 Å². The van der Waals surface area contributed by atoms with E-state index in [4.69, 9.17) is 18.4 Å². The number of fused-ring (bicyclic) bond motifs is 1. The molecule has 19 heteroatoms. The number of aromatic hydroxyl groups is 1. The lowest BCUT2D eigenvalue weighted by molar-refractivity contribution is 0.472. The number of nitrogens with two attached hydrogens (primary N) is 1. The van der Waals surface area contributed by atoms with Gasteiger partial charge in [-0.05, 0) is 84.2 Å². The van der Waals surface area contributed by atoms with Crippen LogP contribution < -0.4 is 11.1 Å². The number of benzene rings is 5. The predicted molar refractivity (Wildman–Crippen MR) is 170 cm³/mol. The molecule has 0 aromatic heterocycles. The summed E-state index contributed by atoms with van der Waals surface area (Å²) in [6.07, 6.45) is 0. The van der Waals surface area contributed by atoms with Crippen molar-refractivity contribution in [2.24, 2.45) is 20.5 Å². The maximum absolute atomic E-state index is 12.2. The van der Waals surface area contributed by atoms with Crippen LogP contribution in [0.3, 0.4) is 0 Å². The van der Waals surface area contributed by atoms with E-state index in [9.17, 15) is 31.0 Å². The van der Waals surface area contributed by atoms with E-state index in [-0.39, 0.29) is 22.1 Å². The lowest BCUT2D eigenvalue weighted by atomic mass is 10.1. The maximum Gasteiger partial charge on any atom is 0.425 e. The number of nitrogens with one attached hydrogen (secondary N) is 1. The summed E-state index contributed by atoms with van der Waals surface area (Å²) in [7, 11) is -12.5. The summed E-state index contributed by atoms with van der Waals surface area (Å²) in [5.74, 6) is -0.546. The summed E-state index contributed by atoms with van der Waals surface area (Å²) < 4.78 is 92.3. The van der Waals surface area contributed by atoms with Crippen LogP contribution in [0.25, 0.3) is 10.8 Å². The van der Waals surface area contributed by atoms with Crippen molar-refractivity contribution < 1.29 is 43.7 Å². The van der Waals surface area contributed by atoms with Gasteiger partial charge in [0.2, 0.25) is 0 Å². The third kappa shape index (κ3) is 9.22. The molecule has 0 saturated heterocycles. The Bertz CT molecular complexity index is 2350. The van der Waals surface area contributed by atoms with Crippen molar-refractivity contribution in [3.05, 3.63) is 97.1 Å². The number of rotatable bonds is 8. The zero-order valence-electron chi connectivity index (χ0n) is 23.5. The molecule has 0 unspecified atom stereocenters. The molecule has 0 spiro atoms. The Balaban J connectivity index is 0.00000118. The van der Waals surface area contributed by atoms with Gasteiger partial charge < -0.3 is 16.2 Å². The van der Waals surface area contributed by atoms with Crippen molar-refractivity contribution in [2.75, 3.05) is 11.1 Å². The first-order valence-corrected chi connectivity index (χ1v) is 16.7. The van der Waals surface area contributed by atoms with Gasteiger partial charge in [0.1, 0.15) is 15.5 Å². The van der Waals surface area contributed by atoms with Gasteiger partial charge in [-0.25, -0.2) is 0 Å². The summed E-state index contributed by atoms with van der Waals surface area (Å²) in [6.45, 7) is 0. The highest BCUT2D eigenvalue weighted by Crippen LogP contribution is 2.42. The molecule has 0 saturated carbocycles. The highest BCUT2D eigenvalue weighted by molar-refractivity contribution is 7.86. The number of hydrogen-bond acceptors (Lipinski definition) is 14. The van der Waals surface area contributed by atoms with Gasteiger partial charge in [0.25, 0.3) is 20.2 Å². The van der Waals surface area contributed by atoms with E-state index in [0.29, 0.717) is 22.7 Å². The maximum atomic E-state index is 12.2. The Hall–Kier alpha value is -5.60. The zero-order chi connectivity index (χ0) is 34.4. The Morgan fingerprint density at radius 1 is 0.617 bits per heavy atom. The lowest BCUT2D eigenvalue weighted by Gasteiger charge is -2.12. The van der Waals surface area contributed by atoms with Crippen molar-refractivity contribution in [3.63, 3.8) is 0 Å². The molecule has 0 radical (unpaired) electrons. The number of azo groups is 2. The molecule has 0 aliphatic carbocycles. The highest BCUT2D eigenvalue weighted by atomic mass is 32.2. The van der Waals surface area contributed by atoms with Gasteiger partial charge in [0.05, 0.1) is 22.7 Å². The third-order valence-corrected chi connectivity index (χ3v) is 7.84. The molecule has 0 aliphatic rings. The zero-order valence-corrected chi connectivity index (χ0v) is 26.0. The minimum Gasteiger partial charge on any atom is -0.505 e. The molecule has 16 nitrogen and oxygen atoms in total. The number of phenolic OH excluding ortho intramolecular Hbond substituents is 1. The van der Waals surface area contributed by atoms with E-state index in [2.05, 4.69) is 25.8 Å². The first kappa shape index (κ1) is 34.3. The van der Waals surface area contributed by atoms with E-state index in [0.717, 1.165) is 12.1 Å². The number of hydrogen-bond donors (Lipinski definition) is 5. The quantitative estimate of drug-likeness (QED) is 0.0689. The van der Waals surface area contributed by atoms with Crippen LogP contribution in [0.2, 0.25) is 0 Å². The molecule has 0 fully saturated rings. The minimum atomic E-state index is -4.86. The topological polar surface area (TPSA) is 268 Å². The van der Waals surface area contributed by atoms with Crippen LogP contribution in [0, 0.1) is 0 Å². The fourth-order valence-electron chi connectivity index (χ4n) is 4.03. The second kappa shape index (κ2) is 14.2. The van der Waals surface area contributed by atoms with Gasteiger partial charge in [-0.1, -0.05) is 18.2 Å². The van der Waals surface area contributed by atoms with E-state index < -0.39 is 52.1 Å². The Labute approximate surface area is 268 Å². The van der Waals surface area contributed by atoms with Crippen molar-refractivity contribution in [2.45, 2.75) is 9.79 Å². The SMILES string of the molecule is Nc1ccc(Nc2ccc3c(O)c(N=Nc4ccc(N=Nc5ccccc5)cc4)c(S(=O)(=O)O)cc3c2)cc1S(=O)(=O)O.O=S(=O)=O. The highest BCUT2D eigenvalue weighted by Gasteiger charge is 2.22. The third-order valence-electron chi connectivity index (χ3n) is 6.06. The molecule has 5 aromatic carbocycles. The normalized spacial score (nSPS) is 11.8. The van der Waals surface area contributed by atoms with E-state index in [1.54, 1.807) is 36.4 Å². The van der Waals surface area contributed by atoms with Gasteiger partial charge in [-0.2, -0.15) is 32.2 Å². The van der Waals surface area contributed by atoms with Crippen LogP contribution in [0.5, 0.6) is 5.75 Å². The molecule has 0 atom stereocenters. The Morgan fingerprint density at radius 3 is 1.66 bits per heavy atom. The largest absolute Gasteiger partial charge is 0.505 e. The Kier molecular flexibility index (Phi) is 10.4. The minimum absolute atomic E-state index is 0.152. The van der Waals surface area contributed by atoms with Crippen LogP contribution in [-0.4, -0.2) is 43.7 Å². The summed E-state index contributed by atoms with van der Waals surface area (Å²) in [5.41, 5.74) is 7.14. The molecule has 242 valence electrons. The van der Waals surface area contributed by atoms with Gasteiger partial charge in [-0.3, -0.25) is 9.11 Å². The van der Waals surface area contributed by atoms with Crippen LogP contribution in [0.1, 0.15) is 0 Å². The molecule has 0 amide bonds. The molecule has 0 aliphatic heterocycles. The molecular formula is C28H22N6O10S3. The molecule has 6 N–H and O–H groups in total. The van der Waals surface area contributed by atoms with Gasteiger partial charge in [0.15, 0.2) is 5.75 Å². The predicted octanol–water partition coefficient (Wildman–Crippen LogP) is 6.19. The van der Waals surface area contributed by atoms with Gasteiger partial charge in [0, 0.05) is 16.8 Å². The van der Waals surface area contributed by atoms with Crippen molar-refractivity contribution in [1.82, 2.24) is 0 Å². The van der Waals surface area contributed by atoms with E-state index in [1.165, 1.54) is 30.3 Å².